The van der Waals surface area contributed by atoms with Gasteiger partial charge in [0.25, 0.3) is 0 Å². The molecule has 5 nitrogen and oxygen atoms in total. The van der Waals surface area contributed by atoms with Crippen LogP contribution in [-0.4, -0.2) is 41.1 Å². The Hall–Kier alpha value is -1.69. The molecule has 0 spiro atoms. The van der Waals surface area contributed by atoms with E-state index < -0.39 is 0 Å². The van der Waals surface area contributed by atoms with Crippen LogP contribution in [0.25, 0.3) is 0 Å². The molecule has 0 atom stereocenters. The molecule has 3 heterocycles. The average molecular weight is 334 g/mol. The lowest BCUT2D eigenvalue weighted by Gasteiger charge is -2.35. The highest BCUT2D eigenvalue weighted by molar-refractivity contribution is 9.10. The number of rotatable bonds is 2. The van der Waals surface area contributed by atoms with Crippen molar-refractivity contribution in [2.45, 2.75) is 6.92 Å². The van der Waals surface area contributed by atoms with Crippen LogP contribution in [0, 0.1) is 6.92 Å². The van der Waals surface area contributed by atoms with Crippen molar-refractivity contribution in [1.29, 1.82) is 0 Å². The third kappa shape index (κ3) is 2.75. The minimum atomic E-state index is 0.812. The molecule has 1 fully saturated rings. The van der Waals surface area contributed by atoms with Crippen molar-refractivity contribution in [3.8, 4) is 0 Å². The van der Waals surface area contributed by atoms with Crippen molar-refractivity contribution in [3.05, 3.63) is 40.8 Å². The van der Waals surface area contributed by atoms with Gasteiger partial charge in [0.1, 0.15) is 5.82 Å². The van der Waals surface area contributed by atoms with Crippen molar-refractivity contribution in [2.24, 2.45) is 0 Å². The normalized spacial score (nSPS) is 15.5. The predicted octanol–water partition coefficient (Wildman–Crippen LogP) is 2.27. The zero-order chi connectivity index (χ0) is 13.9. The molecule has 0 aromatic carbocycles. The molecule has 0 amide bonds. The molecule has 0 N–H and O–H groups in total. The van der Waals surface area contributed by atoms with Gasteiger partial charge in [0, 0.05) is 49.2 Å². The Bertz CT molecular complexity index is 581. The fourth-order valence-corrected chi connectivity index (χ4v) is 2.50. The molecule has 1 aliphatic heterocycles. The Morgan fingerprint density at radius 2 is 1.65 bits per heavy atom. The Balaban J connectivity index is 1.68. The van der Waals surface area contributed by atoms with E-state index in [0.29, 0.717) is 0 Å². The van der Waals surface area contributed by atoms with E-state index in [1.807, 2.05) is 12.3 Å². The standard InChI is InChI=1S/C14H16BrN5/c1-11-9-13(18-10-12(11)15)19-5-7-20(8-6-19)14-16-3-2-4-17-14/h2-4,9-10H,5-8H2,1H3. The number of aromatic nitrogens is 3. The first-order valence-corrected chi connectivity index (χ1v) is 7.42. The highest BCUT2D eigenvalue weighted by Crippen LogP contribution is 2.21. The van der Waals surface area contributed by atoms with Crippen LogP contribution >= 0.6 is 15.9 Å². The summed E-state index contributed by atoms with van der Waals surface area (Å²) in [4.78, 5) is 17.6. The maximum atomic E-state index is 4.49. The zero-order valence-electron chi connectivity index (χ0n) is 11.3. The third-order valence-corrected chi connectivity index (χ3v) is 4.30. The molecular formula is C14H16BrN5. The number of aryl methyl sites for hydroxylation is 1. The molecule has 104 valence electrons. The first-order chi connectivity index (χ1) is 9.74. The van der Waals surface area contributed by atoms with E-state index in [2.05, 4.69) is 53.7 Å². The number of hydrogen-bond donors (Lipinski definition) is 0. The number of piperazine rings is 1. The molecule has 0 saturated carbocycles. The molecule has 0 radical (unpaired) electrons. The quantitative estimate of drug-likeness (QED) is 0.843. The van der Waals surface area contributed by atoms with E-state index in [9.17, 15) is 0 Å². The smallest absolute Gasteiger partial charge is 0.225 e. The van der Waals surface area contributed by atoms with Gasteiger partial charge in [0.2, 0.25) is 5.95 Å². The van der Waals surface area contributed by atoms with Crippen LogP contribution in [0.15, 0.2) is 35.2 Å². The summed E-state index contributed by atoms with van der Waals surface area (Å²) in [7, 11) is 0. The monoisotopic (exact) mass is 333 g/mol. The van der Waals surface area contributed by atoms with E-state index in [4.69, 9.17) is 0 Å². The van der Waals surface area contributed by atoms with Crippen molar-refractivity contribution in [3.63, 3.8) is 0 Å². The van der Waals surface area contributed by atoms with E-state index in [1.54, 1.807) is 12.4 Å². The van der Waals surface area contributed by atoms with Crippen molar-refractivity contribution >= 4 is 27.7 Å². The van der Waals surface area contributed by atoms with Gasteiger partial charge >= 0.3 is 0 Å². The largest absolute Gasteiger partial charge is 0.353 e. The number of anilines is 2. The maximum Gasteiger partial charge on any atom is 0.225 e. The molecule has 20 heavy (non-hydrogen) atoms. The number of pyridine rings is 1. The van der Waals surface area contributed by atoms with Crippen LogP contribution in [0.1, 0.15) is 5.56 Å². The van der Waals surface area contributed by atoms with E-state index in [0.717, 1.165) is 42.4 Å². The summed E-state index contributed by atoms with van der Waals surface area (Å²) in [6, 6.07) is 3.97. The molecule has 1 aliphatic rings. The van der Waals surface area contributed by atoms with Gasteiger partial charge in [0.05, 0.1) is 0 Å². The SMILES string of the molecule is Cc1cc(N2CCN(c3ncccn3)CC2)ncc1Br. The summed E-state index contributed by atoms with van der Waals surface area (Å²) in [6.07, 6.45) is 5.44. The lowest BCUT2D eigenvalue weighted by atomic mass is 10.2. The van der Waals surface area contributed by atoms with Crippen molar-refractivity contribution in [1.82, 2.24) is 15.0 Å². The Morgan fingerprint density at radius 3 is 2.30 bits per heavy atom. The van der Waals surface area contributed by atoms with E-state index in [1.165, 1.54) is 5.56 Å². The van der Waals surface area contributed by atoms with Gasteiger partial charge < -0.3 is 9.80 Å². The van der Waals surface area contributed by atoms with Gasteiger partial charge in [-0.15, -0.1) is 0 Å². The zero-order valence-corrected chi connectivity index (χ0v) is 12.9. The summed E-state index contributed by atoms with van der Waals surface area (Å²) in [6.45, 7) is 5.80. The summed E-state index contributed by atoms with van der Waals surface area (Å²) in [5.74, 6) is 1.85. The van der Waals surface area contributed by atoms with E-state index >= 15 is 0 Å². The minimum Gasteiger partial charge on any atom is -0.353 e. The number of halogens is 1. The molecule has 6 heteroatoms. The second-order valence-electron chi connectivity index (χ2n) is 4.81. The second-order valence-corrected chi connectivity index (χ2v) is 5.67. The number of nitrogens with zero attached hydrogens (tertiary/aromatic N) is 5. The lowest BCUT2D eigenvalue weighted by molar-refractivity contribution is 0.634. The van der Waals surface area contributed by atoms with Crippen LogP contribution in [0.3, 0.4) is 0 Å². The second kappa shape index (κ2) is 5.75. The Labute approximate surface area is 126 Å². The van der Waals surface area contributed by atoms with Gasteiger partial charge in [-0.2, -0.15) is 0 Å². The highest BCUT2D eigenvalue weighted by Gasteiger charge is 2.19. The first kappa shape index (κ1) is 13.3. The van der Waals surface area contributed by atoms with Crippen LogP contribution in [0.4, 0.5) is 11.8 Å². The molecule has 0 bridgehead atoms. The summed E-state index contributed by atoms with van der Waals surface area (Å²) < 4.78 is 1.05. The van der Waals surface area contributed by atoms with Gasteiger partial charge in [-0.25, -0.2) is 15.0 Å². The Morgan fingerprint density at radius 1 is 1.00 bits per heavy atom. The van der Waals surface area contributed by atoms with Crippen LogP contribution in [0.2, 0.25) is 0 Å². The highest BCUT2D eigenvalue weighted by atomic mass is 79.9. The molecule has 1 saturated heterocycles. The van der Waals surface area contributed by atoms with Crippen molar-refractivity contribution in [2.75, 3.05) is 36.0 Å². The fraction of sp³-hybridized carbons (Fsp3) is 0.357. The molecule has 0 unspecified atom stereocenters. The molecule has 0 aliphatic carbocycles. The first-order valence-electron chi connectivity index (χ1n) is 6.63. The fourth-order valence-electron chi connectivity index (χ4n) is 2.29. The van der Waals surface area contributed by atoms with Gasteiger partial charge in [-0.05, 0) is 40.5 Å². The molecule has 2 aromatic rings. The van der Waals surface area contributed by atoms with Gasteiger partial charge in [-0.1, -0.05) is 0 Å². The molecule has 2 aromatic heterocycles. The summed E-state index contributed by atoms with van der Waals surface area (Å²) in [5, 5.41) is 0. The maximum absolute atomic E-state index is 4.49. The van der Waals surface area contributed by atoms with Crippen LogP contribution < -0.4 is 9.80 Å². The topological polar surface area (TPSA) is 45.2 Å². The lowest BCUT2D eigenvalue weighted by Crippen LogP contribution is -2.47. The minimum absolute atomic E-state index is 0.812. The average Bonchev–Trinajstić information content (AvgIpc) is 2.51. The van der Waals surface area contributed by atoms with E-state index in [-0.39, 0.29) is 0 Å². The third-order valence-electron chi connectivity index (χ3n) is 3.47. The number of hydrogen-bond acceptors (Lipinski definition) is 5. The van der Waals surface area contributed by atoms with Crippen LogP contribution in [-0.2, 0) is 0 Å². The summed E-state index contributed by atoms with van der Waals surface area (Å²) in [5.41, 5.74) is 1.21. The van der Waals surface area contributed by atoms with Crippen molar-refractivity contribution < 1.29 is 0 Å². The molecule has 3 rings (SSSR count). The van der Waals surface area contributed by atoms with Gasteiger partial charge in [0.15, 0.2) is 0 Å². The molecular weight excluding hydrogens is 318 g/mol. The predicted molar refractivity (Wildman–Crippen MR) is 83.1 cm³/mol. The van der Waals surface area contributed by atoms with Crippen LogP contribution in [0.5, 0.6) is 0 Å². The Kier molecular flexibility index (Phi) is 3.82. The summed E-state index contributed by atoms with van der Waals surface area (Å²) >= 11 is 3.49. The van der Waals surface area contributed by atoms with Gasteiger partial charge in [-0.3, -0.25) is 0 Å².